The predicted octanol–water partition coefficient (Wildman–Crippen LogP) is 0.301. The molecule has 1 amide bonds. The molecule has 0 aromatic heterocycles. The molecular weight excluding hydrogens is 196 g/mol. The molecule has 1 aliphatic rings. The van der Waals surface area contributed by atoms with Gasteiger partial charge in [-0.1, -0.05) is 0 Å². The number of nitrogens with zero attached hydrogens (tertiary/aromatic N) is 1. The van der Waals surface area contributed by atoms with Crippen LogP contribution in [0.15, 0.2) is 0 Å². The van der Waals surface area contributed by atoms with E-state index in [4.69, 9.17) is 12.2 Å². The van der Waals surface area contributed by atoms with Crippen LogP contribution in [0.3, 0.4) is 0 Å². The molecule has 2 atom stereocenters. The van der Waals surface area contributed by atoms with Crippen molar-refractivity contribution in [3.05, 3.63) is 0 Å². The van der Waals surface area contributed by atoms with E-state index in [9.17, 15) is 4.79 Å². The van der Waals surface area contributed by atoms with Crippen LogP contribution in [0.25, 0.3) is 0 Å². The van der Waals surface area contributed by atoms with Crippen LogP contribution in [0.2, 0.25) is 0 Å². The minimum Gasteiger partial charge on any atom is -0.341 e. The lowest BCUT2D eigenvalue weighted by Gasteiger charge is -2.26. The second kappa shape index (κ2) is 5.28. The van der Waals surface area contributed by atoms with Crippen LogP contribution in [0, 0.1) is 12.3 Å². The predicted molar refractivity (Wildman–Crippen MR) is 59.9 cm³/mol. The van der Waals surface area contributed by atoms with Crippen molar-refractivity contribution in [2.75, 3.05) is 18.6 Å². The van der Waals surface area contributed by atoms with Crippen molar-refractivity contribution in [2.45, 2.75) is 24.9 Å². The van der Waals surface area contributed by atoms with Crippen molar-refractivity contribution in [1.29, 1.82) is 0 Å². The summed E-state index contributed by atoms with van der Waals surface area (Å²) in [4.78, 5) is 13.5. The average molecular weight is 212 g/mol. The van der Waals surface area contributed by atoms with Crippen molar-refractivity contribution in [3.63, 3.8) is 0 Å². The van der Waals surface area contributed by atoms with Crippen LogP contribution in [0.4, 0.5) is 0 Å². The number of nitrogens with two attached hydrogens (primary N) is 1. The zero-order valence-electron chi connectivity index (χ0n) is 8.40. The molecule has 0 radical (unpaired) electrons. The summed E-state index contributed by atoms with van der Waals surface area (Å²) in [6.07, 6.45) is 6.50. The number of hydrogen-bond acceptors (Lipinski definition) is 3. The van der Waals surface area contributed by atoms with E-state index >= 15 is 0 Å². The fourth-order valence-corrected chi connectivity index (χ4v) is 2.75. The Morgan fingerprint density at radius 3 is 3.07 bits per heavy atom. The van der Waals surface area contributed by atoms with E-state index in [1.54, 1.807) is 4.90 Å². The van der Waals surface area contributed by atoms with Gasteiger partial charge in [-0.15, -0.1) is 12.3 Å². The highest BCUT2D eigenvalue weighted by atomic mass is 32.2. The van der Waals surface area contributed by atoms with Crippen LogP contribution in [-0.2, 0) is 4.79 Å². The molecule has 0 aromatic rings. The largest absolute Gasteiger partial charge is 0.341 e. The first-order valence-electron chi connectivity index (χ1n) is 4.70. The lowest BCUT2D eigenvalue weighted by Crippen LogP contribution is -2.46. The first-order chi connectivity index (χ1) is 6.66. The van der Waals surface area contributed by atoms with E-state index in [-0.39, 0.29) is 5.91 Å². The fraction of sp³-hybridized carbons (Fsp3) is 0.700. The first-order valence-corrected chi connectivity index (χ1v) is 5.85. The average Bonchev–Trinajstić information content (AvgIpc) is 2.68. The Morgan fingerprint density at radius 2 is 2.57 bits per heavy atom. The molecule has 2 N–H and O–H groups in total. The monoisotopic (exact) mass is 212 g/mol. The van der Waals surface area contributed by atoms with Gasteiger partial charge < -0.3 is 10.6 Å². The maximum Gasteiger partial charge on any atom is 0.240 e. The van der Waals surface area contributed by atoms with E-state index in [0.717, 1.165) is 17.9 Å². The molecule has 0 saturated carbocycles. The van der Waals surface area contributed by atoms with Crippen molar-refractivity contribution < 1.29 is 4.79 Å². The summed E-state index contributed by atoms with van der Waals surface area (Å²) in [6.45, 7) is 0. The van der Waals surface area contributed by atoms with Crippen molar-refractivity contribution in [3.8, 4) is 12.3 Å². The van der Waals surface area contributed by atoms with Crippen molar-refractivity contribution in [1.82, 2.24) is 4.90 Å². The van der Waals surface area contributed by atoms with Crippen molar-refractivity contribution >= 4 is 17.7 Å². The summed E-state index contributed by atoms with van der Waals surface area (Å²) in [5, 5.41) is 0. The number of thioether (sulfide) groups is 1. The van der Waals surface area contributed by atoms with Crippen LogP contribution in [0.5, 0.6) is 0 Å². The van der Waals surface area contributed by atoms with Crippen molar-refractivity contribution in [2.24, 2.45) is 5.73 Å². The Labute approximate surface area is 89.4 Å². The summed E-state index contributed by atoms with van der Waals surface area (Å²) in [5.74, 6) is 4.53. The Morgan fingerprint density at radius 1 is 1.86 bits per heavy atom. The van der Waals surface area contributed by atoms with Gasteiger partial charge in [0.15, 0.2) is 0 Å². The maximum absolute atomic E-state index is 11.7. The Kier molecular flexibility index (Phi) is 4.30. The zero-order valence-corrected chi connectivity index (χ0v) is 9.22. The standard InChI is InChI=1S/C10H16N2OS/c1-3-4-9(11)10(13)12(2)8-5-6-14-7-8/h1,8-9H,4-7,11H2,2H3. The van der Waals surface area contributed by atoms with Gasteiger partial charge in [0, 0.05) is 25.3 Å². The Hall–Kier alpha value is -0.660. The molecule has 78 valence electrons. The minimum absolute atomic E-state index is 0.0320. The third kappa shape index (κ3) is 2.66. The molecule has 1 aliphatic heterocycles. The highest BCUT2D eigenvalue weighted by molar-refractivity contribution is 7.99. The summed E-state index contributed by atoms with van der Waals surface area (Å²) in [6, 6.07) is -0.188. The minimum atomic E-state index is -0.532. The molecule has 0 aromatic carbocycles. The molecule has 3 nitrogen and oxygen atoms in total. The van der Waals surface area contributed by atoms with Gasteiger partial charge in [0.05, 0.1) is 6.04 Å². The second-order valence-electron chi connectivity index (χ2n) is 3.48. The van der Waals surface area contributed by atoms with Crippen LogP contribution >= 0.6 is 11.8 Å². The molecule has 2 unspecified atom stereocenters. The van der Waals surface area contributed by atoms with E-state index in [2.05, 4.69) is 5.92 Å². The molecule has 4 heteroatoms. The highest BCUT2D eigenvalue weighted by Crippen LogP contribution is 2.21. The number of carbonyl (C=O) groups excluding carboxylic acids is 1. The third-order valence-corrected chi connectivity index (χ3v) is 3.60. The van der Waals surface area contributed by atoms with Gasteiger partial charge in [0.1, 0.15) is 0 Å². The van der Waals surface area contributed by atoms with Gasteiger partial charge in [0.25, 0.3) is 0 Å². The molecule has 1 heterocycles. The van der Waals surface area contributed by atoms with E-state index in [0.29, 0.717) is 12.5 Å². The van der Waals surface area contributed by atoms with Gasteiger partial charge in [-0.3, -0.25) is 4.79 Å². The van der Waals surface area contributed by atoms with Gasteiger partial charge in [-0.25, -0.2) is 0 Å². The second-order valence-corrected chi connectivity index (χ2v) is 4.63. The number of amides is 1. The SMILES string of the molecule is C#CCC(N)C(=O)N(C)C1CCSC1. The van der Waals surface area contributed by atoms with E-state index in [1.807, 2.05) is 18.8 Å². The highest BCUT2D eigenvalue weighted by Gasteiger charge is 2.26. The Balaban J connectivity index is 2.47. The fourth-order valence-electron chi connectivity index (χ4n) is 1.48. The lowest BCUT2D eigenvalue weighted by molar-refractivity contribution is -0.132. The molecular formula is C10H16N2OS. The van der Waals surface area contributed by atoms with Crippen LogP contribution < -0.4 is 5.73 Å². The van der Waals surface area contributed by atoms with Crippen LogP contribution in [0.1, 0.15) is 12.8 Å². The van der Waals surface area contributed by atoms with Gasteiger partial charge in [-0.2, -0.15) is 11.8 Å². The molecule has 1 saturated heterocycles. The topological polar surface area (TPSA) is 46.3 Å². The summed E-state index contributed by atoms with van der Waals surface area (Å²) in [5.41, 5.74) is 5.66. The number of hydrogen-bond donors (Lipinski definition) is 1. The lowest BCUT2D eigenvalue weighted by atomic mass is 10.1. The number of likely N-dealkylation sites (N-methyl/N-ethyl adjacent to an activating group) is 1. The normalized spacial score (nSPS) is 22.8. The van der Waals surface area contributed by atoms with E-state index < -0.39 is 6.04 Å². The quantitative estimate of drug-likeness (QED) is 0.685. The summed E-state index contributed by atoms with van der Waals surface area (Å²) < 4.78 is 0. The molecule has 14 heavy (non-hydrogen) atoms. The molecule has 0 spiro atoms. The zero-order chi connectivity index (χ0) is 10.6. The third-order valence-electron chi connectivity index (χ3n) is 2.46. The summed E-state index contributed by atoms with van der Waals surface area (Å²) >= 11 is 1.88. The summed E-state index contributed by atoms with van der Waals surface area (Å²) in [7, 11) is 1.81. The molecule has 0 bridgehead atoms. The van der Waals surface area contributed by atoms with Gasteiger partial charge >= 0.3 is 0 Å². The number of rotatable bonds is 3. The maximum atomic E-state index is 11.7. The van der Waals surface area contributed by atoms with Crippen LogP contribution in [-0.4, -0.2) is 41.4 Å². The number of terminal acetylenes is 1. The van der Waals surface area contributed by atoms with Gasteiger partial charge in [-0.05, 0) is 12.2 Å². The molecule has 1 rings (SSSR count). The Bertz CT molecular complexity index is 243. The number of carbonyl (C=O) groups is 1. The van der Waals surface area contributed by atoms with E-state index in [1.165, 1.54) is 0 Å². The molecule has 1 fully saturated rings. The van der Waals surface area contributed by atoms with Gasteiger partial charge in [0.2, 0.25) is 5.91 Å². The molecule has 0 aliphatic carbocycles. The first kappa shape index (κ1) is 11.4. The smallest absolute Gasteiger partial charge is 0.240 e.